The number of hydrogen-bond acceptors (Lipinski definition) is 4. The Labute approximate surface area is 119 Å². The van der Waals surface area contributed by atoms with Gasteiger partial charge in [0, 0.05) is 13.6 Å². The van der Waals surface area contributed by atoms with Gasteiger partial charge in [-0.05, 0) is 18.4 Å². The van der Waals surface area contributed by atoms with E-state index in [4.69, 9.17) is 10.5 Å². The highest BCUT2D eigenvalue weighted by Crippen LogP contribution is 2.33. The van der Waals surface area contributed by atoms with Crippen molar-refractivity contribution in [2.24, 2.45) is 5.73 Å². The smallest absolute Gasteiger partial charge is 0.242 e. The third kappa shape index (κ3) is 4.03. The normalized spacial score (nSPS) is 17.6. The molecule has 0 bridgehead atoms. The topological polar surface area (TPSA) is 75.8 Å². The highest BCUT2D eigenvalue weighted by Gasteiger charge is 2.47. The molecule has 1 aliphatic carbocycles. The maximum atomic E-state index is 11.9. The van der Waals surface area contributed by atoms with Gasteiger partial charge in [0.15, 0.2) is 0 Å². The molecular formula is C15H22N2O3. The van der Waals surface area contributed by atoms with Gasteiger partial charge in [0.2, 0.25) is 5.91 Å². The summed E-state index contributed by atoms with van der Waals surface area (Å²) in [7, 11) is 1.66. The Kier molecular flexibility index (Phi) is 4.75. The van der Waals surface area contributed by atoms with Gasteiger partial charge in [0.25, 0.3) is 0 Å². The van der Waals surface area contributed by atoms with Crippen molar-refractivity contribution in [3.8, 4) is 0 Å². The van der Waals surface area contributed by atoms with Crippen molar-refractivity contribution in [1.82, 2.24) is 4.90 Å². The first-order valence-corrected chi connectivity index (χ1v) is 6.85. The SMILES string of the molecule is CN(CC(O)COCc1ccccc1)C(=O)C1(N)CC1. The Balaban J connectivity index is 1.67. The van der Waals surface area contributed by atoms with Crippen molar-refractivity contribution in [2.45, 2.75) is 31.1 Å². The van der Waals surface area contributed by atoms with Gasteiger partial charge in [0.1, 0.15) is 0 Å². The molecule has 110 valence electrons. The summed E-state index contributed by atoms with van der Waals surface area (Å²) in [4.78, 5) is 13.4. The summed E-state index contributed by atoms with van der Waals surface area (Å²) in [5.41, 5.74) is 6.22. The predicted octanol–water partition coefficient (Wildman–Crippen LogP) is 0.514. The maximum absolute atomic E-state index is 11.9. The van der Waals surface area contributed by atoms with Gasteiger partial charge in [-0.2, -0.15) is 0 Å². The van der Waals surface area contributed by atoms with Crippen LogP contribution in [0.1, 0.15) is 18.4 Å². The second kappa shape index (κ2) is 6.35. The molecule has 0 heterocycles. The van der Waals surface area contributed by atoms with Crippen molar-refractivity contribution in [3.63, 3.8) is 0 Å². The summed E-state index contributed by atoms with van der Waals surface area (Å²) in [6, 6.07) is 9.76. The van der Waals surface area contributed by atoms with E-state index in [1.807, 2.05) is 30.3 Å². The minimum absolute atomic E-state index is 0.0976. The Morgan fingerprint density at radius 2 is 2.10 bits per heavy atom. The second-order valence-electron chi connectivity index (χ2n) is 5.50. The number of amides is 1. The lowest BCUT2D eigenvalue weighted by Gasteiger charge is -2.23. The van der Waals surface area contributed by atoms with Gasteiger partial charge in [-0.1, -0.05) is 30.3 Å². The third-order valence-electron chi connectivity index (χ3n) is 3.47. The number of aliphatic hydroxyl groups excluding tert-OH is 1. The molecule has 5 nitrogen and oxygen atoms in total. The van der Waals surface area contributed by atoms with E-state index in [0.29, 0.717) is 6.61 Å². The summed E-state index contributed by atoms with van der Waals surface area (Å²) >= 11 is 0. The highest BCUT2D eigenvalue weighted by atomic mass is 16.5. The summed E-state index contributed by atoms with van der Waals surface area (Å²) in [5, 5.41) is 9.87. The third-order valence-corrected chi connectivity index (χ3v) is 3.47. The van der Waals surface area contributed by atoms with Crippen LogP contribution < -0.4 is 5.73 Å². The van der Waals surface area contributed by atoms with E-state index in [0.717, 1.165) is 18.4 Å². The van der Waals surface area contributed by atoms with Gasteiger partial charge < -0.3 is 20.5 Å². The van der Waals surface area contributed by atoms with Crippen LogP contribution in [0.2, 0.25) is 0 Å². The molecule has 20 heavy (non-hydrogen) atoms. The maximum Gasteiger partial charge on any atom is 0.242 e. The molecule has 0 saturated heterocycles. The number of benzene rings is 1. The van der Waals surface area contributed by atoms with Gasteiger partial charge >= 0.3 is 0 Å². The molecule has 1 aromatic rings. The molecule has 3 N–H and O–H groups in total. The van der Waals surface area contributed by atoms with Gasteiger partial charge in [-0.3, -0.25) is 4.79 Å². The number of nitrogens with zero attached hydrogens (tertiary/aromatic N) is 1. The number of nitrogens with two attached hydrogens (primary N) is 1. The number of hydrogen-bond donors (Lipinski definition) is 2. The minimum Gasteiger partial charge on any atom is -0.389 e. The Hall–Kier alpha value is -1.43. The molecule has 5 heteroatoms. The van der Waals surface area contributed by atoms with E-state index in [1.165, 1.54) is 4.90 Å². The zero-order valence-corrected chi connectivity index (χ0v) is 11.8. The van der Waals surface area contributed by atoms with Crippen LogP contribution in [0.25, 0.3) is 0 Å². The fraction of sp³-hybridized carbons (Fsp3) is 0.533. The van der Waals surface area contributed by atoms with Crippen LogP contribution in [0.3, 0.4) is 0 Å². The van der Waals surface area contributed by atoms with E-state index in [2.05, 4.69) is 0 Å². The molecule has 1 aliphatic rings. The molecule has 2 rings (SSSR count). The predicted molar refractivity (Wildman–Crippen MR) is 75.9 cm³/mol. The summed E-state index contributed by atoms with van der Waals surface area (Å²) < 4.78 is 5.44. The van der Waals surface area contributed by atoms with Crippen molar-refractivity contribution in [3.05, 3.63) is 35.9 Å². The van der Waals surface area contributed by atoms with E-state index in [-0.39, 0.29) is 19.1 Å². The molecule has 0 aliphatic heterocycles. The number of carbonyl (C=O) groups excluding carboxylic acids is 1. The lowest BCUT2D eigenvalue weighted by Crippen LogP contribution is -2.46. The first-order chi connectivity index (χ1) is 9.51. The number of ether oxygens (including phenoxy) is 1. The van der Waals surface area contributed by atoms with Crippen LogP contribution in [-0.4, -0.2) is 47.8 Å². The van der Waals surface area contributed by atoms with Crippen LogP contribution >= 0.6 is 0 Å². The van der Waals surface area contributed by atoms with Crippen LogP contribution in [-0.2, 0) is 16.1 Å². The van der Waals surface area contributed by atoms with Crippen LogP contribution in [0.5, 0.6) is 0 Å². The van der Waals surface area contributed by atoms with E-state index in [9.17, 15) is 9.90 Å². The Morgan fingerprint density at radius 1 is 1.45 bits per heavy atom. The average Bonchev–Trinajstić information content (AvgIpc) is 3.18. The first-order valence-electron chi connectivity index (χ1n) is 6.85. The molecule has 1 fully saturated rings. The lowest BCUT2D eigenvalue weighted by atomic mass is 10.2. The fourth-order valence-electron chi connectivity index (χ4n) is 2.07. The van der Waals surface area contributed by atoms with Crippen molar-refractivity contribution in [2.75, 3.05) is 20.2 Å². The van der Waals surface area contributed by atoms with Gasteiger partial charge in [-0.15, -0.1) is 0 Å². The second-order valence-corrected chi connectivity index (χ2v) is 5.50. The molecule has 1 unspecified atom stereocenters. The lowest BCUT2D eigenvalue weighted by molar-refractivity contribution is -0.134. The number of likely N-dealkylation sites (N-methyl/N-ethyl adjacent to an activating group) is 1. The molecule has 0 radical (unpaired) electrons. The Bertz CT molecular complexity index is 446. The molecule has 1 aromatic carbocycles. The van der Waals surface area contributed by atoms with Crippen molar-refractivity contribution >= 4 is 5.91 Å². The Morgan fingerprint density at radius 3 is 2.70 bits per heavy atom. The molecule has 1 amide bonds. The first kappa shape index (κ1) is 15.0. The van der Waals surface area contributed by atoms with Gasteiger partial charge in [0.05, 0.1) is 24.9 Å². The number of rotatable bonds is 7. The minimum atomic E-state index is -0.699. The van der Waals surface area contributed by atoms with E-state index < -0.39 is 11.6 Å². The van der Waals surface area contributed by atoms with E-state index >= 15 is 0 Å². The zero-order valence-electron chi connectivity index (χ0n) is 11.8. The molecular weight excluding hydrogens is 256 g/mol. The standard InChI is InChI=1S/C15H22N2O3/c1-17(14(19)15(16)7-8-15)9-13(18)11-20-10-12-5-3-2-4-6-12/h2-6,13,18H,7-11,16H2,1H3. The van der Waals surface area contributed by atoms with Crippen LogP contribution in [0.15, 0.2) is 30.3 Å². The highest BCUT2D eigenvalue weighted by molar-refractivity contribution is 5.88. The van der Waals surface area contributed by atoms with Crippen molar-refractivity contribution < 1.29 is 14.6 Å². The largest absolute Gasteiger partial charge is 0.389 e. The number of carbonyl (C=O) groups is 1. The average molecular weight is 278 g/mol. The van der Waals surface area contributed by atoms with Crippen LogP contribution in [0, 0.1) is 0 Å². The summed E-state index contributed by atoms with van der Waals surface area (Å²) in [6.07, 6.45) is 0.767. The molecule has 1 saturated carbocycles. The quantitative estimate of drug-likeness (QED) is 0.762. The number of aliphatic hydroxyl groups is 1. The summed E-state index contributed by atoms with van der Waals surface area (Å²) in [5.74, 6) is -0.0976. The van der Waals surface area contributed by atoms with Crippen molar-refractivity contribution in [1.29, 1.82) is 0 Å². The zero-order chi connectivity index (χ0) is 14.6. The molecule has 0 aromatic heterocycles. The fourth-order valence-corrected chi connectivity index (χ4v) is 2.07. The monoisotopic (exact) mass is 278 g/mol. The molecule has 0 spiro atoms. The van der Waals surface area contributed by atoms with Gasteiger partial charge in [-0.25, -0.2) is 0 Å². The van der Waals surface area contributed by atoms with Crippen LogP contribution in [0.4, 0.5) is 0 Å². The summed E-state index contributed by atoms with van der Waals surface area (Å²) in [6.45, 7) is 0.896. The molecule has 1 atom stereocenters. The van der Waals surface area contributed by atoms with E-state index in [1.54, 1.807) is 7.05 Å².